The molecule has 0 spiro atoms. The number of hydrogen-bond donors (Lipinski definition) is 0. The van der Waals surface area contributed by atoms with Gasteiger partial charge in [0.1, 0.15) is 12.1 Å². The van der Waals surface area contributed by atoms with Gasteiger partial charge in [-0.3, -0.25) is 4.90 Å². The number of fused-ring (bicyclic) bond motifs is 1. The molecule has 6 heteroatoms. The van der Waals surface area contributed by atoms with E-state index < -0.39 is 0 Å². The average Bonchev–Trinajstić information content (AvgIpc) is 2.62. The molecule has 0 N–H and O–H groups in total. The van der Waals surface area contributed by atoms with E-state index in [1.807, 2.05) is 12.1 Å². The average molecular weight is 377 g/mol. The second-order valence-corrected chi connectivity index (χ2v) is 7.14. The molecule has 0 atom stereocenters. The fourth-order valence-electron chi connectivity index (χ4n) is 3.65. The van der Waals surface area contributed by atoms with Crippen LogP contribution in [0.2, 0.25) is 0 Å². The molecule has 0 amide bonds. The second-order valence-electron chi connectivity index (χ2n) is 6.23. The number of hydrogen-bond acceptors (Lipinski definition) is 5. The van der Waals surface area contributed by atoms with Crippen molar-refractivity contribution in [3.05, 3.63) is 29.0 Å². The lowest BCUT2D eigenvalue weighted by Crippen LogP contribution is -2.49. The molecule has 2 aromatic rings. The predicted molar refractivity (Wildman–Crippen MR) is 94.9 cm³/mol. The van der Waals surface area contributed by atoms with Crippen molar-refractivity contribution in [1.29, 1.82) is 0 Å². The number of anilines is 1. The van der Waals surface area contributed by atoms with E-state index in [1.165, 1.54) is 12.8 Å². The van der Waals surface area contributed by atoms with Gasteiger partial charge in [-0.05, 0) is 31.0 Å². The molecule has 2 aliphatic rings. The number of ether oxygens (including phenoxy) is 1. The van der Waals surface area contributed by atoms with Gasteiger partial charge >= 0.3 is 0 Å². The van der Waals surface area contributed by atoms with Crippen LogP contribution >= 0.6 is 15.9 Å². The third kappa shape index (κ3) is 3.20. The van der Waals surface area contributed by atoms with Gasteiger partial charge in [-0.25, -0.2) is 9.97 Å². The Hall–Kier alpha value is -1.24. The highest BCUT2D eigenvalue weighted by Gasteiger charge is 2.27. The summed E-state index contributed by atoms with van der Waals surface area (Å²) in [5, 5.41) is 1.13. The first-order valence-corrected chi connectivity index (χ1v) is 9.07. The van der Waals surface area contributed by atoms with Crippen molar-refractivity contribution in [2.75, 3.05) is 44.3 Å². The lowest BCUT2D eigenvalue weighted by atomic mass is 10.0. The van der Waals surface area contributed by atoms with Crippen LogP contribution in [0.25, 0.3) is 10.9 Å². The molecular formula is C17H21BrN4O. The molecule has 0 aliphatic carbocycles. The highest BCUT2D eigenvalue weighted by molar-refractivity contribution is 9.10. The Morgan fingerprint density at radius 2 is 1.83 bits per heavy atom. The van der Waals surface area contributed by atoms with Gasteiger partial charge in [0.15, 0.2) is 0 Å². The van der Waals surface area contributed by atoms with Crippen molar-refractivity contribution in [2.24, 2.45) is 0 Å². The summed E-state index contributed by atoms with van der Waals surface area (Å²) in [6.45, 7) is 6.03. The largest absolute Gasteiger partial charge is 0.379 e. The van der Waals surface area contributed by atoms with Crippen LogP contribution in [0.1, 0.15) is 12.8 Å². The first kappa shape index (κ1) is 15.3. The van der Waals surface area contributed by atoms with Gasteiger partial charge in [-0.1, -0.05) is 15.9 Å². The molecule has 4 rings (SSSR count). The summed E-state index contributed by atoms with van der Waals surface area (Å²) in [6.07, 6.45) is 4.07. The normalized spacial score (nSPS) is 21.0. The molecule has 2 fully saturated rings. The topological polar surface area (TPSA) is 41.5 Å². The summed E-state index contributed by atoms with van der Waals surface area (Å²) >= 11 is 3.56. The quantitative estimate of drug-likeness (QED) is 0.805. The van der Waals surface area contributed by atoms with E-state index in [0.29, 0.717) is 6.04 Å². The Bertz CT molecular complexity index is 681. The lowest BCUT2D eigenvalue weighted by Gasteiger charge is -2.40. The van der Waals surface area contributed by atoms with Gasteiger partial charge in [0.25, 0.3) is 0 Å². The maximum atomic E-state index is 5.47. The minimum Gasteiger partial charge on any atom is -0.379 e. The van der Waals surface area contributed by atoms with Gasteiger partial charge in [-0.2, -0.15) is 0 Å². The highest BCUT2D eigenvalue weighted by Crippen LogP contribution is 2.29. The van der Waals surface area contributed by atoms with Crippen LogP contribution in [0.5, 0.6) is 0 Å². The van der Waals surface area contributed by atoms with Crippen molar-refractivity contribution in [1.82, 2.24) is 14.9 Å². The maximum Gasteiger partial charge on any atom is 0.139 e. The number of morpholine rings is 1. The fraction of sp³-hybridized carbons (Fsp3) is 0.529. The first-order chi connectivity index (χ1) is 11.3. The van der Waals surface area contributed by atoms with Crippen LogP contribution in [0.3, 0.4) is 0 Å². The number of piperidine rings is 1. The third-order valence-electron chi connectivity index (χ3n) is 4.90. The summed E-state index contributed by atoms with van der Waals surface area (Å²) in [5.74, 6) is 1.07. The van der Waals surface area contributed by atoms with Crippen LogP contribution in [0, 0.1) is 0 Å². The van der Waals surface area contributed by atoms with Gasteiger partial charge < -0.3 is 9.64 Å². The number of halogens is 1. The lowest BCUT2D eigenvalue weighted by molar-refractivity contribution is 0.0115. The third-order valence-corrected chi connectivity index (χ3v) is 5.40. The van der Waals surface area contributed by atoms with E-state index in [1.54, 1.807) is 6.33 Å². The van der Waals surface area contributed by atoms with Crippen molar-refractivity contribution >= 4 is 32.7 Å². The van der Waals surface area contributed by atoms with Crippen LogP contribution in [-0.4, -0.2) is 60.3 Å². The number of rotatable bonds is 2. The van der Waals surface area contributed by atoms with Crippen LogP contribution < -0.4 is 4.90 Å². The first-order valence-electron chi connectivity index (χ1n) is 8.28. The van der Waals surface area contributed by atoms with Crippen molar-refractivity contribution in [3.8, 4) is 0 Å². The maximum absolute atomic E-state index is 5.47. The Kier molecular flexibility index (Phi) is 4.46. The number of nitrogens with zero attached hydrogens (tertiary/aromatic N) is 4. The van der Waals surface area contributed by atoms with E-state index in [2.05, 4.69) is 41.8 Å². The molecule has 0 bridgehead atoms. The molecule has 1 aromatic carbocycles. The van der Waals surface area contributed by atoms with Gasteiger partial charge in [0.2, 0.25) is 0 Å². The SMILES string of the molecule is Brc1ccc2ncnc(N3CCC(N4CCOCC4)CC3)c2c1. The Morgan fingerprint density at radius 1 is 1.04 bits per heavy atom. The Labute approximate surface area is 144 Å². The molecule has 0 unspecified atom stereocenters. The number of aromatic nitrogens is 2. The molecule has 2 aliphatic heterocycles. The Balaban J connectivity index is 1.51. The molecule has 0 radical (unpaired) electrons. The minimum atomic E-state index is 0.690. The predicted octanol–water partition coefficient (Wildman–Crippen LogP) is 2.69. The van der Waals surface area contributed by atoms with Crippen molar-refractivity contribution in [2.45, 2.75) is 18.9 Å². The summed E-state index contributed by atoms with van der Waals surface area (Å²) in [5.41, 5.74) is 1.01. The van der Waals surface area contributed by atoms with Crippen LogP contribution in [-0.2, 0) is 4.74 Å². The summed E-state index contributed by atoms with van der Waals surface area (Å²) in [4.78, 5) is 14.0. The van der Waals surface area contributed by atoms with Crippen molar-refractivity contribution < 1.29 is 4.74 Å². The monoisotopic (exact) mass is 376 g/mol. The Morgan fingerprint density at radius 3 is 2.61 bits per heavy atom. The fourth-order valence-corrected chi connectivity index (χ4v) is 4.01. The van der Waals surface area contributed by atoms with Crippen molar-refractivity contribution in [3.63, 3.8) is 0 Å². The highest BCUT2D eigenvalue weighted by atomic mass is 79.9. The van der Waals surface area contributed by atoms with Gasteiger partial charge in [0, 0.05) is 42.1 Å². The molecule has 23 heavy (non-hydrogen) atoms. The molecule has 1 aromatic heterocycles. The van der Waals surface area contributed by atoms with E-state index in [4.69, 9.17) is 4.74 Å². The molecule has 122 valence electrons. The van der Waals surface area contributed by atoms with Crippen LogP contribution in [0.15, 0.2) is 29.0 Å². The molecule has 5 nitrogen and oxygen atoms in total. The summed E-state index contributed by atoms with van der Waals surface area (Å²) < 4.78 is 6.54. The van der Waals surface area contributed by atoms with E-state index in [0.717, 1.165) is 60.6 Å². The minimum absolute atomic E-state index is 0.690. The summed E-state index contributed by atoms with van der Waals surface area (Å²) in [7, 11) is 0. The smallest absolute Gasteiger partial charge is 0.139 e. The zero-order chi connectivity index (χ0) is 15.6. The molecule has 2 saturated heterocycles. The standard InChI is InChI=1S/C17H21BrN4O/c18-13-1-2-16-15(11-13)17(20-12-19-16)22-5-3-14(4-6-22)21-7-9-23-10-8-21/h1-2,11-12,14H,3-10H2. The van der Waals surface area contributed by atoms with Gasteiger partial charge in [-0.15, -0.1) is 0 Å². The van der Waals surface area contributed by atoms with E-state index >= 15 is 0 Å². The second kappa shape index (κ2) is 6.71. The zero-order valence-corrected chi connectivity index (χ0v) is 14.7. The summed E-state index contributed by atoms with van der Waals surface area (Å²) in [6, 6.07) is 6.89. The molecule has 0 saturated carbocycles. The molecule has 3 heterocycles. The van der Waals surface area contributed by atoms with Gasteiger partial charge in [0.05, 0.1) is 18.7 Å². The number of benzene rings is 1. The van der Waals surface area contributed by atoms with E-state index in [9.17, 15) is 0 Å². The van der Waals surface area contributed by atoms with Crippen LogP contribution in [0.4, 0.5) is 5.82 Å². The zero-order valence-electron chi connectivity index (χ0n) is 13.1. The molecular weight excluding hydrogens is 356 g/mol. The van der Waals surface area contributed by atoms with E-state index in [-0.39, 0.29) is 0 Å².